The Morgan fingerprint density at radius 2 is 1.85 bits per heavy atom. The normalized spacial score (nSPS) is 17.9. The lowest BCUT2D eigenvalue weighted by Crippen LogP contribution is -2.38. The predicted octanol–water partition coefficient (Wildman–Crippen LogP) is 0.0249. The van der Waals surface area contributed by atoms with Gasteiger partial charge in [0, 0.05) is 12.8 Å². The van der Waals surface area contributed by atoms with Crippen molar-refractivity contribution in [2.24, 2.45) is 0 Å². The van der Waals surface area contributed by atoms with Crippen LogP contribution in [0, 0.1) is 0 Å². The molecule has 152 valence electrons. The van der Waals surface area contributed by atoms with Crippen molar-refractivity contribution in [1.29, 1.82) is 0 Å². The van der Waals surface area contributed by atoms with E-state index in [2.05, 4.69) is 4.52 Å². The van der Waals surface area contributed by atoms with E-state index in [1.165, 1.54) is 13.8 Å². The molecule has 0 radical (unpaired) electrons. The van der Waals surface area contributed by atoms with Crippen molar-refractivity contribution in [2.75, 3.05) is 6.61 Å². The first-order valence-electron chi connectivity index (χ1n) is 7.68. The third kappa shape index (κ3) is 7.37. The number of rotatable bonds is 10. The molecule has 0 aromatic heterocycles. The molecule has 1 aliphatic heterocycles. The molecular formula is C14H19O12P. The van der Waals surface area contributed by atoms with Gasteiger partial charge in [-0.25, -0.2) is 9.36 Å². The summed E-state index contributed by atoms with van der Waals surface area (Å²) in [6.07, 6.45) is -3.59. The summed E-state index contributed by atoms with van der Waals surface area (Å²) in [5, 5.41) is 9.97. The van der Waals surface area contributed by atoms with Gasteiger partial charge in [0.25, 0.3) is 5.76 Å². The summed E-state index contributed by atoms with van der Waals surface area (Å²) in [6, 6.07) is 0. The Balaban J connectivity index is 2.91. The lowest BCUT2D eigenvalue weighted by molar-refractivity contribution is -0.170. The fourth-order valence-corrected chi connectivity index (χ4v) is 2.28. The van der Waals surface area contributed by atoms with Crippen LogP contribution in [0.1, 0.15) is 33.1 Å². The highest BCUT2D eigenvalue weighted by molar-refractivity contribution is 7.46. The van der Waals surface area contributed by atoms with E-state index in [1.54, 1.807) is 0 Å². The molecule has 0 saturated carbocycles. The number of cyclic esters (lactones) is 1. The number of hydrogen-bond donors (Lipinski definition) is 3. The van der Waals surface area contributed by atoms with E-state index in [4.69, 9.17) is 24.0 Å². The van der Waals surface area contributed by atoms with Gasteiger partial charge in [-0.1, -0.05) is 6.92 Å². The second-order valence-corrected chi connectivity index (χ2v) is 6.55. The number of ketones is 1. The van der Waals surface area contributed by atoms with Crippen LogP contribution in [0.25, 0.3) is 0 Å². The lowest BCUT2D eigenvalue weighted by atomic mass is 10.1. The Morgan fingerprint density at radius 1 is 1.22 bits per heavy atom. The van der Waals surface area contributed by atoms with Crippen molar-refractivity contribution in [3.8, 4) is 0 Å². The van der Waals surface area contributed by atoms with E-state index in [0.717, 1.165) is 0 Å². The Morgan fingerprint density at radius 3 is 2.37 bits per heavy atom. The summed E-state index contributed by atoms with van der Waals surface area (Å²) in [5.41, 5.74) is 0. The number of aliphatic hydroxyl groups excluding tert-OH is 1. The number of phosphoric ester groups is 1. The van der Waals surface area contributed by atoms with Crippen molar-refractivity contribution in [1.82, 2.24) is 0 Å². The molecule has 27 heavy (non-hydrogen) atoms. The van der Waals surface area contributed by atoms with Gasteiger partial charge in [0.1, 0.15) is 12.4 Å². The van der Waals surface area contributed by atoms with Gasteiger partial charge in [-0.05, 0) is 6.92 Å². The molecule has 0 amide bonds. The van der Waals surface area contributed by atoms with Crippen LogP contribution in [0.3, 0.4) is 0 Å². The summed E-state index contributed by atoms with van der Waals surface area (Å²) in [5.74, 6) is -5.41. The van der Waals surface area contributed by atoms with Crippen LogP contribution >= 0.6 is 7.82 Å². The second kappa shape index (κ2) is 9.49. The Bertz CT molecular complexity index is 690. The molecule has 1 heterocycles. The first-order chi connectivity index (χ1) is 12.4. The number of ether oxygens (including phenoxy) is 3. The molecule has 0 spiro atoms. The van der Waals surface area contributed by atoms with Gasteiger partial charge in [-0.3, -0.25) is 19.4 Å². The van der Waals surface area contributed by atoms with Crippen LogP contribution in [0.2, 0.25) is 0 Å². The number of carbonyl (C=O) groups excluding carboxylic acids is 4. The zero-order chi connectivity index (χ0) is 20.8. The van der Waals surface area contributed by atoms with Crippen LogP contribution in [0.5, 0.6) is 0 Å². The Hall–Kier alpha value is -2.43. The summed E-state index contributed by atoms with van der Waals surface area (Å²) in [6.45, 7) is 2.09. The van der Waals surface area contributed by atoms with Crippen molar-refractivity contribution in [3.05, 3.63) is 11.5 Å². The molecule has 0 fully saturated rings. The molecule has 0 aromatic rings. The number of esters is 3. The lowest BCUT2D eigenvalue weighted by Gasteiger charge is -2.22. The largest absolute Gasteiger partial charge is 0.525 e. The van der Waals surface area contributed by atoms with Crippen molar-refractivity contribution >= 4 is 31.5 Å². The molecule has 13 heteroatoms. The predicted molar refractivity (Wildman–Crippen MR) is 83.7 cm³/mol. The van der Waals surface area contributed by atoms with Crippen LogP contribution in [0.4, 0.5) is 0 Å². The number of Topliss-reactive ketones (excluding diaryl/α,β-unsaturated/α-hetero) is 1. The molecule has 0 saturated heterocycles. The minimum absolute atomic E-state index is 0.0674. The Kier molecular flexibility index (Phi) is 7.95. The van der Waals surface area contributed by atoms with Gasteiger partial charge < -0.3 is 28.6 Å². The van der Waals surface area contributed by atoms with E-state index in [0.29, 0.717) is 0 Å². The van der Waals surface area contributed by atoms with Gasteiger partial charge >= 0.3 is 25.7 Å². The van der Waals surface area contributed by atoms with Crippen molar-refractivity contribution in [3.63, 3.8) is 0 Å². The van der Waals surface area contributed by atoms with Gasteiger partial charge in [0.2, 0.25) is 6.10 Å². The summed E-state index contributed by atoms with van der Waals surface area (Å²) in [4.78, 5) is 63.2. The topological polar surface area (TPSA) is 183 Å². The quantitative estimate of drug-likeness (QED) is 0.250. The monoisotopic (exact) mass is 410 g/mol. The van der Waals surface area contributed by atoms with Gasteiger partial charge in [-0.15, -0.1) is 0 Å². The van der Waals surface area contributed by atoms with Crippen molar-refractivity contribution in [2.45, 2.75) is 45.3 Å². The van der Waals surface area contributed by atoms with E-state index >= 15 is 0 Å². The SMILES string of the molecule is CCC(=O)OC(COC(=O)CCC(C)=O)C1OC(=O)C(OP(=O)(O)O)=C1O. The minimum Gasteiger partial charge on any atom is -0.505 e. The summed E-state index contributed by atoms with van der Waals surface area (Å²) >= 11 is 0. The summed E-state index contributed by atoms with van der Waals surface area (Å²) in [7, 11) is -5.17. The molecule has 1 rings (SSSR count). The highest BCUT2D eigenvalue weighted by atomic mass is 31.2. The molecule has 2 atom stereocenters. The van der Waals surface area contributed by atoms with Crippen LogP contribution in [-0.2, 0) is 42.5 Å². The average molecular weight is 410 g/mol. The average Bonchev–Trinajstić information content (AvgIpc) is 2.83. The van der Waals surface area contributed by atoms with Crippen LogP contribution in [-0.4, -0.2) is 57.4 Å². The Labute approximate surface area is 153 Å². The van der Waals surface area contributed by atoms with Crippen LogP contribution in [0.15, 0.2) is 11.5 Å². The van der Waals surface area contributed by atoms with E-state index in [9.17, 15) is 28.8 Å². The molecular weight excluding hydrogens is 391 g/mol. The molecule has 0 aliphatic carbocycles. The van der Waals surface area contributed by atoms with Gasteiger partial charge in [0.05, 0.1) is 6.42 Å². The van der Waals surface area contributed by atoms with Gasteiger partial charge in [-0.2, -0.15) is 0 Å². The first-order valence-corrected chi connectivity index (χ1v) is 9.21. The molecule has 3 N–H and O–H groups in total. The minimum atomic E-state index is -5.17. The fourth-order valence-electron chi connectivity index (χ4n) is 1.87. The highest BCUT2D eigenvalue weighted by Crippen LogP contribution is 2.42. The highest BCUT2D eigenvalue weighted by Gasteiger charge is 2.45. The summed E-state index contributed by atoms with van der Waals surface area (Å²) < 4.78 is 29.4. The van der Waals surface area contributed by atoms with E-state index in [-0.39, 0.29) is 25.0 Å². The van der Waals surface area contributed by atoms with E-state index < -0.39 is 56.1 Å². The van der Waals surface area contributed by atoms with Crippen LogP contribution < -0.4 is 0 Å². The molecule has 0 bridgehead atoms. The smallest absolute Gasteiger partial charge is 0.505 e. The maximum atomic E-state index is 11.7. The first kappa shape index (κ1) is 22.6. The molecule has 12 nitrogen and oxygen atoms in total. The zero-order valence-electron chi connectivity index (χ0n) is 14.4. The number of phosphoric acid groups is 1. The number of hydrogen-bond acceptors (Lipinski definition) is 10. The fraction of sp³-hybridized carbons (Fsp3) is 0.571. The third-order valence-electron chi connectivity index (χ3n) is 3.13. The third-order valence-corrected chi connectivity index (χ3v) is 3.55. The van der Waals surface area contributed by atoms with Crippen molar-refractivity contribution < 1.29 is 57.4 Å². The maximum Gasteiger partial charge on any atom is 0.525 e. The molecule has 0 aromatic carbocycles. The molecule has 2 unspecified atom stereocenters. The maximum absolute atomic E-state index is 11.7. The van der Waals surface area contributed by atoms with Gasteiger partial charge in [0.15, 0.2) is 11.9 Å². The number of aliphatic hydroxyl groups is 1. The standard InChI is InChI=1S/C14H19O12P/c1-3-9(16)24-8(6-23-10(17)5-4-7(2)15)12-11(18)13(14(19)25-12)26-27(20,21)22/h8,12,18H,3-6H2,1-2H3,(H2,20,21,22). The zero-order valence-corrected chi connectivity index (χ0v) is 15.3. The van der Waals surface area contributed by atoms with E-state index in [1.807, 2.05) is 0 Å². The number of carbonyl (C=O) groups is 4. The second-order valence-electron chi connectivity index (χ2n) is 5.39. The molecule has 1 aliphatic rings.